The number of carboxylic acids is 1. The maximum atomic E-state index is 12.1. The second kappa shape index (κ2) is 5.46. The number of rotatable bonds is 3. The number of carboxylic acid groups (broad SMARTS) is 1. The van der Waals surface area contributed by atoms with Crippen LogP contribution in [0.3, 0.4) is 0 Å². The van der Waals surface area contributed by atoms with Crippen LogP contribution in [0.4, 0.5) is 0 Å². The van der Waals surface area contributed by atoms with E-state index in [1.807, 2.05) is 23.6 Å². The third-order valence-corrected chi connectivity index (χ3v) is 4.19. The summed E-state index contributed by atoms with van der Waals surface area (Å²) in [5.41, 5.74) is 1.87. The van der Waals surface area contributed by atoms with E-state index in [4.69, 9.17) is 14.6 Å². The van der Waals surface area contributed by atoms with Crippen LogP contribution in [0.1, 0.15) is 28.9 Å². The van der Waals surface area contributed by atoms with Gasteiger partial charge in [-0.25, -0.2) is 4.79 Å². The van der Waals surface area contributed by atoms with Gasteiger partial charge < -0.3 is 19.1 Å². The van der Waals surface area contributed by atoms with Gasteiger partial charge >= 0.3 is 5.97 Å². The van der Waals surface area contributed by atoms with Crippen molar-refractivity contribution in [3.63, 3.8) is 0 Å². The molecule has 1 aromatic heterocycles. The van der Waals surface area contributed by atoms with E-state index in [1.54, 1.807) is 14.2 Å². The highest BCUT2D eigenvalue weighted by atomic mass is 16.5. The van der Waals surface area contributed by atoms with E-state index in [1.165, 1.54) is 12.3 Å². The van der Waals surface area contributed by atoms with Gasteiger partial charge in [0.1, 0.15) is 5.56 Å². The Labute approximate surface area is 132 Å². The third kappa shape index (κ3) is 2.36. The molecule has 23 heavy (non-hydrogen) atoms. The van der Waals surface area contributed by atoms with E-state index in [0.29, 0.717) is 23.6 Å². The average Bonchev–Trinajstić information content (AvgIpc) is 2.53. The first-order chi connectivity index (χ1) is 11.0. The van der Waals surface area contributed by atoms with E-state index in [0.717, 1.165) is 11.1 Å². The normalized spacial score (nSPS) is 15.5. The molecule has 0 saturated heterocycles. The smallest absolute Gasteiger partial charge is 0.341 e. The van der Waals surface area contributed by atoms with E-state index in [2.05, 4.69) is 0 Å². The molecule has 120 valence electrons. The minimum atomic E-state index is -1.21. The first-order valence-corrected chi connectivity index (χ1v) is 7.21. The zero-order valence-electron chi connectivity index (χ0n) is 13.1. The minimum Gasteiger partial charge on any atom is -0.493 e. The lowest BCUT2D eigenvalue weighted by atomic mass is 9.92. The molecule has 6 nitrogen and oxygen atoms in total. The summed E-state index contributed by atoms with van der Waals surface area (Å²) in [5, 5.41) is 9.15. The summed E-state index contributed by atoms with van der Waals surface area (Å²) in [5.74, 6) is -0.00544. The van der Waals surface area contributed by atoms with Gasteiger partial charge in [-0.05, 0) is 31.0 Å². The highest BCUT2D eigenvalue weighted by Crippen LogP contribution is 2.40. The number of fused-ring (bicyclic) bond motifs is 3. The second-order valence-electron chi connectivity index (χ2n) is 5.57. The number of nitrogens with zero attached hydrogens (tertiary/aromatic N) is 1. The summed E-state index contributed by atoms with van der Waals surface area (Å²) in [6, 6.07) is 5.15. The lowest BCUT2D eigenvalue weighted by Crippen LogP contribution is -2.24. The number of benzene rings is 1. The molecule has 0 radical (unpaired) electrons. The number of hydrogen-bond acceptors (Lipinski definition) is 4. The quantitative estimate of drug-likeness (QED) is 0.940. The van der Waals surface area contributed by atoms with Crippen LogP contribution in [0.5, 0.6) is 11.5 Å². The number of carbonyl (C=O) groups is 1. The molecular weight excluding hydrogens is 298 g/mol. The van der Waals surface area contributed by atoms with Gasteiger partial charge in [0.15, 0.2) is 16.9 Å². The van der Waals surface area contributed by atoms with E-state index in [-0.39, 0.29) is 11.6 Å². The number of ether oxygens (including phenoxy) is 2. The summed E-state index contributed by atoms with van der Waals surface area (Å²) in [4.78, 5) is 23.3. The Morgan fingerprint density at radius 2 is 1.87 bits per heavy atom. The number of aromatic nitrogens is 1. The maximum absolute atomic E-state index is 12.1. The Morgan fingerprint density at radius 3 is 2.48 bits per heavy atom. The van der Waals surface area contributed by atoms with E-state index >= 15 is 0 Å². The molecule has 6 heteroatoms. The van der Waals surface area contributed by atoms with Gasteiger partial charge in [0.25, 0.3) is 0 Å². The van der Waals surface area contributed by atoms with Gasteiger partial charge in [0.2, 0.25) is 0 Å². The fourth-order valence-electron chi connectivity index (χ4n) is 3.04. The molecule has 0 saturated carbocycles. The Kier molecular flexibility index (Phi) is 3.60. The van der Waals surface area contributed by atoms with Crippen molar-refractivity contribution in [3.8, 4) is 22.8 Å². The van der Waals surface area contributed by atoms with Crippen molar-refractivity contribution in [3.05, 3.63) is 45.7 Å². The fourth-order valence-corrected chi connectivity index (χ4v) is 3.04. The second-order valence-corrected chi connectivity index (χ2v) is 5.57. The van der Waals surface area contributed by atoms with Crippen molar-refractivity contribution >= 4 is 5.97 Å². The molecular formula is C17H17NO5. The summed E-state index contributed by atoms with van der Waals surface area (Å²) in [6.45, 7) is 1.99. The van der Waals surface area contributed by atoms with Crippen molar-refractivity contribution in [1.82, 2.24) is 4.57 Å². The summed E-state index contributed by atoms with van der Waals surface area (Å²) in [6.07, 6.45) is 2.13. The third-order valence-electron chi connectivity index (χ3n) is 4.19. The molecule has 0 bridgehead atoms. The van der Waals surface area contributed by atoms with E-state index in [9.17, 15) is 9.59 Å². The zero-order chi connectivity index (χ0) is 16.7. The maximum Gasteiger partial charge on any atom is 0.341 e. The molecule has 1 unspecified atom stereocenters. The standard InChI is InChI=1S/C17H17NO5/c1-9-4-10-5-15(22-2)16(23-3)6-11(10)13-7-14(19)12(17(20)21)8-18(9)13/h5-9H,4H2,1-3H3,(H,20,21). The lowest BCUT2D eigenvalue weighted by Gasteiger charge is -2.29. The van der Waals surface area contributed by atoms with Crippen molar-refractivity contribution in [2.75, 3.05) is 14.2 Å². The monoisotopic (exact) mass is 315 g/mol. The number of hydrogen-bond donors (Lipinski definition) is 1. The highest BCUT2D eigenvalue weighted by molar-refractivity contribution is 5.87. The topological polar surface area (TPSA) is 77.8 Å². The lowest BCUT2D eigenvalue weighted by molar-refractivity contribution is 0.0694. The van der Waals surface area contributed by atoms with Crippen LogP contribution in [0.25, 0.3) is 11.3 Å². The largest absolute Gasteiger partial charge is 0.493 e. The van der Waals surface area contributed by atoms with Crippen molar-refractivity contribution in [2.45, 2.75) is 19.4 Å². The molecule has 1 aliphatic rings. The van der Waals surface area contributed by atoms with Crippen LogP contribution < -0.4 is 14.9 Å². The summed E-state index contributed by atoms with van der Waals surface area (Å²) < 4.78 is 12.5. The summed E-state index contributed by atoms with van der Waals surface area (Å²) >= 11 is 0. The van der Waals surface area contributed by atoms with Crippen LogP contribution in [-0.2, 0) is 6.42 Å². The van der Waals surface area contributed by atoms with Crippen LogP contribution in [0, 0.1) is 0 Å². The van der Waals surface area contributed by atoms with Crippen LogP contribution in [0.15, 0.2) is 29.2 Å². The molecule has 1 aliphatic heterocycles. The average molecular weight is 315 g/mol. The molecule has 0 spiro atoms. The molecule has 2 aromatic rings. The van der Waals surface area contributed by atoms with Crippen LogP contribution >= 0.6 is 0 Å². The van der Waals surface area contributed by atoms with E-state index < -0.39 is 11.4 Å². The van der Waals surface area contributed by atoms with Gasteiger partial charge in [-0.1, -0.05) is 0 Å². The van der Waals surface area contributed by atoms with Gasteiger partial charge in [0, 0.05) is 23.9 Å². The first kappa shape index (κ1) is 15.1. The van der Waals surface area contributed by atoms with Crippen molar-refractivity contribution in [2.24, 2.45) is 0 Å². The fraction of sp³-hybridized carbons (Fsp3) is 0.294. The Balaban J connectivity index is 2.28. The SMILES string of the molecule is COc1cc2c(cc1OC)-c1cc(=O)c(C(=O)O)cn1C(C)C2. The molecule has 0 aliphatic carbocycles. The molecule has 3 rings (SSSR count). The Morgan fingerprint density at radius 1 is 1.22 bits per heavy atom. The Hall–Kier alpha value is -2.76. The number of methoxy groups -OCH3 is 2. The van der Waals surface area contributed by atoms with Gasteiger partial charge in [-0.15, -0.1) is 0 Å². The summed E-state index contributed by atoms with van der Waals surface area (Å²) in [7, 11) is 3.13. The van der Waals surface area contributed by atoms with Gasteiger partial charge in [0.05, 0.1) is 19.9 Å². The predicted octanol–water partition coefficient (Wildman–Crippen LogP) is 2.35. The molecule has 2 heterocycles. The first-order valence-electron chi connectivity index (χ1n) is 7.21. The van der Waals surface area contributed by atoms with Crippen LogP contribution in [0.2, 0.25) is 0 Å². The van der Waals surface area contributed by atoms with Crippen LogP contribution in [-0.4, -0.2) is 29.9 Å². The number of pyridine rings is 1. The van der Waals surface area contributed by atoms with Gasteiger partial charge in [-0.3, -0.25) is 4.79 Å². The predicted molar refractivity (Wildman–Crippen MR) is 84.6 cm³/mol. The highest BCUT2D eigenvalue weighted by Gasteiger charge is 2.25. The zero-order valence-corrected chi connectivity index (χ0v) is 13.1. The molecule has 0 amide bonds. The minimum absolute atomic E-state index is 0.0364. The molecule has 1 N–H and O–H groups in total. The molecule has 1 atom stereocenters. The number of aromatic carboxylic acids is 1. The van der Waals surface area contributed by atoms with Crippen molar-refractivity contribution < 1.29 is 19.4 Å². The van der Waals surface area contributed by atoms with Crippen molar-refractivity contribution in [1.29, 1.82) is 0 Å². The Bertz CT molecular complexity index is 853. The molecule has 0 fully saturated rings. The molecule has 1 aromatic carbocycles. The van der Waals surface area contributed by atoms with Gasteiger partial charge in [-0.2, -0.15) is 0 Å².